The van der Waals surface area contributed by atoms with Crippen LogP contribution in [0.3, 0.4) is 0 Å². The number of unbranched alkanes of at least 4 members (excludes halogenated alkanes) is 31. The Kier molecular flexibility index (Phi) is 55.8. The highest BCUT2D eigenvalue weighted by Crippen LogP contribution is 2.16. The predicted octanol–water partition coefficient (Wildman–Crippen LogP) is 20.2. The number of carbonyl (C=O) groups excluding carboxylic acids is 3. The van der Waals surface area contributed by atoms with Gasteiger partial charge in [-0.25, -0.2) is 0 Å². The summed E-state index contributed by atoms with van der Waals surface area (Å²) in [6.45, 7) is 6.52. The first-order valence-corrected chi connectivity index (χ1v) is 29.9. The van der Waals surface area contributed by atoms with Gasteiger partial charge in [-0.3, -0.25) is 14.4 Å². The summed E-state index contributed by atoms with van der Waals surface area (Å²) in [5, 5.41) is 0. The highest BCUT2D eigenvalue weighted by atomic mass is 16.6. The molecule has 0 saturated carbocycles. The summed E-state index contributed by atoms with van der Waals surface area (Å²) in [6.07, 6.45) is 74.7. The molecular formula is C64H112O6. The molecule has 0 aromatic carbocycles. The fourth-order valence-corrected chi connectivity index (χ4v) is 8.47. The highest BCUT2D eigenvalue weighted by molar-refractivity contribution is 5.71. The van der Waals surface area contributed by atoms with E-state index in [0.717, 1.165) is 103 Å². The third-order valence-corrected chi connectivity index (χ3v) is 12.9. The van der Waals surface area contributed by atoms with E-state index in [-0.39, 0.29) is 31.1 Å². The summed E-state index contributed by atoms with van der Waals surface area (Å²) in [7, 11) is 0. The molecule has 6 heteroatoms. The van der Waals surface area contributed by atoms with Crippen molar-refractivity contribution in [1.82, 2.24) is 0 Å². The third-order valence-electron chi connectivity index (χ3n) is 12.9. The number of carbonyl (C=O) groups is 3. The second-order valence-corrected chi connectivity index (χ2v) is 19.9. The molecule has 0 rings (SSSR count). The maximum Gasteiger partial charge on any atom is 0.306 e. The Morgan fingerprint density at radius 3 is 0.914 bits per heavy atom. The Labute approximate surface area is 433 Å². The lowest BCUT2D eigenvalue weighted by Crippen LogP contribution is -2.30. The van der Waals surface area contributed by atoms with Crippen LogP contribution in [-0.2, 0) is 28.6 Å². The van der Waals surface area contributed by atoms with Crippen molar-refractivity contribution in [1.29, 1.82) is 0 Å². The zero-order valence-electron chi connectivity index (χ0n) is 46.3. The van der Waals surface area contributed by atoms with Gasteiger partial charge in [0.25, 0.3) is 0 Å². The van der Waals surface area contributed by atoms with Crippen LogP contribution in [0.15, 0.2) is 72.9 Å². The summed E-state index contributed by atoms with van der Waals surface area (Å²) >= 11 is 0. The second kappa shape index (κ2) is 58.4. The summed E-state index contributed by atoms with van der Waals surface area (Å²) in [6, 6.07) is 0. The largest absolute Gasteiger partial charge is 0.462 e. The first-order valence-electron chi connectivity index (χ1n) is 29.9. The van der Waals surface area contributed by atoms with E-state index in [9.17, 15) is 14.4 Å². The summed E-state index contributed by atoms with van der Waals surface area (Å²) in [5.41, 5.74) is 0. The molecule has 0 bridgehead atoms. The molecule has 6 nitrogen and oxygen atoms in total. The minimum atomic E-state index is -0.779. The standard InChI is InChI=1S/C64H112O6/c1-4-7-10-13-16-19-22-25-27-28-29-30-31-32-33-34-35-36-38-39-42-45-48-51-54-57-63(66)69-60-61(59-68-62(65)56-53-50-47-44-41-24-21-18-15-12-9-6-3)70-64(67)58-55-52-49-46-43-40-37-26-23-20-17-14-11-8-5-2/h7,10,16,18-19,21,25,27,29-30,32-33,61H,4-6,8-9,11-15,17,20,22-24,26,28,31,34-60H2,1-3H3/b10-7-,19-16-,21-18-,27-25-,30-29-,33-32-. The molecule has 0 aliphatic rings. The molecule has 0 aromatic heterocycles. The van der Waals surface area contributed by atoms with Crippen molar-refractivity contribution in [3.05, 3.63) is 72.9 Å². The second-order valence-electron chi connectivity index (χ2n) is 19.9. The van der Waals surface area contributed by atoms with Crippen LogP contribution in [-0.4, -0.2) is 37.2 Å². The van der Waals surface area contributed by atoms with Crippen LogP contribution < -0.4 is 0 Å². The molecule has 0 aromatic rings. The van der Waals surface area contributed by atoms with Crippen LogP contribution in [0, 0.1) is 0 Å². The van der Waals surface area contributed by atoms with E-state index in [1.165, 1.54) is 154 Å². The quantitative estimate of drug-likeness (QED) is 0.0261. The van der Waals surface area contributed by atoms with Crippen LogP contribution in [0.2, 0.25) is 0 Å². The fourth-order valence-electron chi connectivity index (χ4n) is 8.47. The monoisotopic (exact) mass is 977 g/mol. The molecule has 0 radical (unpaired) electrons. The minimum absolute atomic E-state index is 0.0785. The molecule has 1 atom stereocenters. The number of rotatable bonds is 54. The molecule has 0 saturated heterocycles. The van der Waals surface area contributed by atoms with Crippen molar-refractivity contribution < 1.29 is 28.6 Å². The maximum absolute atomic E-state index is 12.9. The van der Waals surface area contributed by atoms with E-state index in [2.05, 4.69) is 93.7 Å². The van der Waals surface area contributed by atoms with Gasteiger partial charge in [0, 0.05) is 19.3 Å². The van der Waals surface area contributed by atoms with Gasteiger partial charge < -0.3 is 14.2 Å². The Bertz CT molecular complexity index is 1310. The van der Waals surface area contributed by atoms with Gasteiger partial charge in [0.1, 0.15) is 13.2 Å². The van der Waals surface area contributed by atoms with E-state index < -0.39 is 6.10 Å². The molecule has 0 aliphatic carbocycles. The molecule has 0 spiro atoms. The molecule has 0 heterocycles. The lowest BCUT2D eigenvalue weighted by Gasteiger charge is -2.18. The Balaban J connectivity index is 4.29. The van der Waals surface area contributed by atoms with Crippen molar-refractivity contribution in [3.8, 4) is 0 Å². The molecule has 0 amide bonds. The molecule has 0 fully saturated rings. The van der Waals surface area contributed by atoms with Gasteiger partial charge in [0.05, 0.1) is 0 Å². The van der Waals surface area contributed by atoms with Crippen molar-refractivity contribution in [3.63, 3.8) is 0 Å². The molecule has 1 unspecified atom stereocenters. The number of allylic oxidation sites excluding steroid dienone is 12. The van der Waals surface area contributed by atoms with Crippen molar-refractivity contribution in [2.45, 2.75) is 303 Å². The van der Waals surface area contributed by atoms with Gasteiger partial charge in [0.15, 0.2) is 6.10 Å². The van der Waals surface area contributed by atoms with Gasteiger partial charge >= 0.3 is 17.9 Å². The summed E-state index contributed by atoms with van der Waals surface area (Å²) in [5.74, 6) is -0.881. The van der Waals surface area contributed by atoms with Crippen LogP contribution in [0.5, 0.6) is 0 Å². The maximum atomic E-state index is 12.9. The summed E-state index contributed by atoms with van der Waals surface area (Å²) in [4.78, 5) is 38.2. The van der Waals surface area contributed by atoms with E-state index in [1.807, 2.05) is 0 Å². The molecule has 0 N–H and O–H groups in total. The van der Waals surface area contributed by atoms with Gasteiger partial charge in [0.2, 0.25) is 0 Å². The molecular weight excluding hydrogens is 865 g/mol. The average molecular weight is 978 g/mol. The fraction of sp³-hybridized carbons (Fsp3) is 0.766. The highest BCUT2D eigenvalue weighted by Gasteiger charge is 2.19. The minimum Gasteiger partial charge on any atom is -0.462 e. The number of ether oxygens (including phenoxy) is 3. The van der Waals surface area contributed by atoms with Gasteiger partial charge in [-0.15, -0.1) is 0 Å². The van der Waals surface area contributed by atoms with Crippen molar-refractivity contribution in [2.24, 2.45) is 0 Å². The molecule has 70 heavy (non-hydrogen) atoms. The van der Waals surface area contributed by atoms with Gasteiger partial charge in [-0.05, 0) is 89.9 Å². The van der Waals surface area contributed by atoms with Gasteiger partial charge in [-0.2, -0.15) is 0 Å². The first-order chi connectivity index (χ1) is 34.5. The molecule has 0 aliphatic heterocycles. The Morgan fingerprint density at radius 1 is 0.300 bits per heavy atom. The van der Waals surface area contributed by atoms with Crippen LogP contribution in [0.1, 0.15) is 297 Å². The average Bonchev–Trinajstić information content (AvgIpc) is 3.36. The van der Waals surface area contributed by atoms with Crippen LogP contribution in [0.4, 0.5) is 0 Å². The molecule has 404 valence electrons. The topological polar surface area (TPSA) is 78.9 Å². The first kappa shape index (κ1) is 66.9. The Morgan fingerprint density at radius 2 is 0.557 bits per heavy atom. The zero-order valence-corrected chi connectivity index (χ0v) is 46.3. The van der Waals surface area contributed by atoms with E-state index in [0.29, 0.717) is 19.3 Å². The van der Waals surface area contributed by atoms with E-state index in [1.54, 1.807) is 0 Å². The SMILES string of the molecule is CC/C=C\C/C=C\C/C=C\C/C=C\C/C=C\CCCCCCCCCCCC(=O)OCC(COC(=O)CCCCCCC/C=C\CCCCC)OC(=O)CCCCCCCCCCCCCCCCC. The van der Waals surface area contributed by atoms with Crippen molar-refractivity contribution in [2.75, 3.05) is 13.2 Å². The van der Waals surface area contributed by atoms with Crippen LogP contribution in [0.25, 0.3) is 0 Å². The van der Waals surface area contributed by atoms with Crippen molar-refractivity contribution >= 4 is 17.9 Å². The third kappa shape index (κ3) is 55.8. The number of esters is 3. The lowest BCUT2D eigenvalue weighted by molar-refractivity contribution is -0.167. The van der Waals surface area contributed by atoms with Crippen LogP contribution >= 0.6 is 0 Å². The predicted molar refractivity (Wildman–Crippen MR) is 302 cm³/mol. The zero-order chi connectivity index (χ0) is 50.7. The van der Waals surface area contributed by atoms with E-state index >= 15 is 0 Å². The number of hydrogen-bond donors (Lipinski definition) is 0. The summed E-state index contributed by atoms with van der Waals surface area (Å²) < 4.78 is 16.9. The normalized spacial score (nSPS) is 12.6. The van der Waals surface area contributed by atoms with E-state index in [4.69, 9.17) is 14.2 Å². The number of hydrogen-bond acceptors (Lipinski definition) is 6. The lowest BCUT2D eigenvalue weighted by atomic mass is 10.0. The Hall–Kier alpha value is -3.15. The van der Waals surface area contributed by atoms with Gasteiger partial charge in [-0.1, -0.05) is 261 Å². The smallest absolute Gasteiger partial charge is 0.306 e.